The molecule has 0 fully saturated rings. The molecule has 7 heteroatoms. The van der Waals surface area contributed by atoms with Crippen molar-refractivity contribution in [2.45, 2.75) is 59.2 Å². The fourth-order valence-corrected chi connectivity index (χ4v) is 3.64. The Bertz CT molecular complexity index is 961. The van der Waals surface area contributed by atoms with E-state index in [9.17, 15) is 13.5 Å². The molecule has 0 spiro atoms. The number of hydrogen-bond acceptors (Lipinski definition) is 5. The first kappa shape index (κ1) is 24.2. The number of aliphatic hydroxyl groups is 1. The molecular formula is C23H32O6S. The molecule has 166 valence electrons. The average molecular weight is 437 g/mol. The van der Waals surface area contributed by atoms with Crippen LogP contribution < -0.4 is 9.47 Å². The molecule has 1 aliphatic rings. The van der Waals surface area contributed by atoms with Gasteiger partial charge in [0.2, 0.25) is 0 Å². The summed E-state index contributed by atoms with van der Waals surface area (Å²) in [6.45, 7) is 9.16. The highest BCUT2D eigenvalue weighted by Gasteiger charge is 2.34. The van der Waals surface area contributed by atoms with Gasteiger partial charge < -0.3 is 14.6 Å². The van der Waals surface area contributed by atoms with Gasteiger partial charge in [-0.15, -0.1) is 0 Å². The van der Waals surface area contributed by atoms with Crippen molar-refractivity contribution in [1.29, 1.82) is 0 Å². The molecule has 1 aliphatic heterocycles. The van der Waals surface area contributed by atoms with E-state index in [1.165, 1.54) is 16.7 Å². The molecule has 0 radical (unpaired) electrons. The van der Waals surface area contributed by atoms with Gasteiger partial charge in [-0.3, -0.25) is 4.55 Å². The Kier molecular flexibility index (Phi) is 7.91. The summed E-state index contributed by atoms with van der Waals surface area (Å²) in [5.74, 6) is 1.97. The van der Waals surface area contributed by atoms with E-state index >= 15 is 0 Å². The second kappa shape index (κ2) is 9.81. The van der Waals surface area contributed by atoms with E-state index in [4.69, 9.17) is 14.0 Å². The number of aliphatic hydroxyl groups excluding tert-OH is 1. The third-order valence-corrected chi connectivity index (χ3v) is 5.43. The Labute approximate surface area is 179 Å². The van der Waals surface area contributed by atoms with E-state index in [0.29, 0.717) is 19.3 Å². The van der Waals surface area contributed by atoms with Crippen LogP contribution in [0.25, 0.3) is 0 Å². The van der Waals surface area contributed by atoms with Gasteiger partial charge in [-0.25, -0.2) is 0 Å². The summed E-state index contributed by atoms with van der Waals surface area (Å²) < 4.78 is 38.4. The highest BCUT2D eigenvalue weighted by atomic mass is 32.2. The fourth-order valence-electron chi connectivity index (χ4n) is 3.64. The molecule has 1 heterocycles. The van der Waals surface area contributed by atoms with Crippen molar-refractivity contribution in [3.05, 3.63) is 58.1 Å². The summed E-state index contributed by atoms with van der Waals surface area (Å²) in [7, 11) is -3.67. The molecule has 0 aromatic heterocycles. The Morgan fingerprint density at radius 2 is 1.70 bits per heavy atom. The molecule has 0 aliphatic carbocycles. The fraction of sp³-hybridized carbons (Fsp3) is 0.478. The van der Waals surface area contributed by atoms with Crippen LogP contribution in [0.5, 0.6) is 11.5 Å². The van der Waals surface area contributed by atoms with E-state index in [1.807, 2.05) is 18.2 Å². The average Bonchev–Trinajstić information content (AvgIpc) is 2.66. The molecule has 0 saturated carbocycles. The second-order valence-corrected chi connectivity index (χ2v) is 9.51. The predicted molar refractivity (Wildman–Crippen MR) is 118 cm³/mol. The van der Waals surface area contributed by atoms with E-state index < -0.39 is 10.1 Å². The van der Waals surface area contributed by atoms with Crippen molar-refractivity contribution < 1.29 is 27.6 Å². The van der Waals surface area contributed by atoms with Gasteiger partial charge in [0.05, 0.1) is 6.26 Å². The first-order valence-corrected chi connectivity index (χ1v) is 11.8. The lowest BCUT2D eigenvalue weighted by Crippen LogP contribution is -2.38. The summed E-state index contributed by atoms with van der Waals surface area (Å²) in [4.78, 5) is 0. The van der Waals surface area contributed by atoms with Gasteiger partial charge in [-0.05, 0) is 62.8 Å². The molecule has 6 nitrogen and oxygen atoms in total. The quantitative estimate of drug-likeness (QED) is 0.684. The minimum atomic E-state index is -3.67. The number of benzene rings is 2. The van der Waals surface area contributed by atoms with Crippen molar-refractivity contribution in [2.24, 2.45) is 0 Å². The Balaban J connectivity index is 0.000000575. The Morgan fingerprint density at radius 1 is 1.10 bits per heavy atom. The zero-order valence-corrected chi connectivity index (χ0v) is 19.2. The molecule has 0 amide bonds. The molecule has 2 aromatic carbocycles. The van der Waals surface area contributed by atoms with Gasteiger partial charge in [-0.2, -0.15) is 8.42 Å². The summed E-state index contributed by atoms with van der Waals surface area (Å²) in [5, 5.41) is 9.33. The van der Waals surface area contributed by atoms with E-state index in [1.54, 1.807) is 0 Å². The van der Waals surface area contributed by atoms with E-state index in [0.717, 1.165) is 35.5 Å². The lowest BCUT2D eigenvalue weighted by Gasteiger charge is -2.38. The monoisotopic (exact) mass is 436 g/mol. The van der Waals surface area contributed by atoms with Gasteiger partial charge in [-0.1, -0.05) is 30.3 Å². The standard InChI is InChI=1S/C22H28O3.CH4O3S/c1-15-16(2)21-19(10-11-22(4,25-21)12-13-23)17(3)20(15)24-14-18-8-6-5-7-9-18;1-5(2,3)4/h5-9,23H,10-14H2,1-4H3;1H3,(H,2,3,4)/t22-;/m0./s1. The molecule has 3 rings (SSSR count). The van der Waals surface area contributed by atoms with Gasteiger partial charge in [0.15, 0.2) is 0 Å². The van der Waals surface area contributed by atoms with Crippen LogP contribution in [0, 0.1) is 20.8 Å². The zero-order chi connectivity index (χ0) is 22.5. The number of fused-ring (bicyclic) bond motifs is 1. The van der Waals surface area contributed by atoms with Crippen molar-refractivity contribution in [3.63, 3.8) is 0 Å². The maximum atomic E-state index is 9.33. The lowest BCUT2D eigenvalue weighted by atomic mass is 9.86. The molecule has 2 N–H and O–H groups in total. The molecule has 0 unspecified atom stereocenters. The minimum absolute atomic E-state index is 0.154. The van der Waals surface area contributed by atoms with Crippen LogP contribution in [0.3, 0.4) is 0 Å². The summed E-state index contributed by atoms with van der Waals surface area (Å²) >= 11 is 0. The first-order chi connectivity index (χ1) is 13.9. The van der Waals surface area contributed by atoms with Crippen LogP contribution in [0.1, 0.15) is 47.6 Å². The molecule has 1 atom stereocenters. The topological polar surface area (TPSA) is 93.1 Å². The number of hydrogen-bond donors (Lipinski definition) is 2. The van der Waals surface area contributed by atoms with Crippen molar-refractivity contribution in [1.82, 2.24) is 0 Å². The number of rotatable bonds is 5. The van der Waals surface area contributed by atoms with Crippen LogP contribution in [-0.4, -0.2) is 36.5 Å². The first-order valence-electron chi connectivity index (χ1n) is 9.97. The molecule has 0 saturated heterocycles. The third-order valence-electron chi connectivity index (χ3n) is 5.43. The van der Waals surface area contributed by atoms with Crippen LogP contribution in [0.15, 0.2) is 30.3 Å². The van der Waals surface area contributed by atoms with E-state index in [2.05, 4.69) is 39.8 Å². The van der Waals surface area contributed by atoms with Crippen molar-refractivity contribution in [2.75, 3.05) is 12.9 Å². The summed E-state index contributed by atoms with van der Waals surface area (Å²) in [6.07, 6.45) is 3.26. The van der Waals surface area contributed by atoms with Gasteiger partial charge >= 0.3 is 0 Å². The van der Waals surface area contributed by atoms with Crippen LogP contribution in [0.4, 0.5) is 0 Å². The minimum Gasteiger partial charge on any atom is -0.488 e. The molecule has 0 bridgehead atoms. The Morgan fingerprint density at radius 3 is 2.27 bits per heavy atom. The van der Waals surface area contributed by atoms with Crippen molar-refractivity contribution >= 4 is 10.1 Å². The third kappa shape index (κ3) is 6.45. The van der Waals surface area contributed by atoms with Crippen LogP contribution >= 0.6 is 0 Å². The van der Waals surface area contributed by atoms with E-state index in [-0.39, 0.29) is 12.2 Å². The highest BCUT2D eigenvalue weighted by Crippen LogP contribution is 2.44. The lowest BCUT2D eigenvalue weighted by molar-refractivity contribution is 0.0377. The molecular weight excluding hydrogens is 404 g/mol. The smallest absolute Gasteiger partial charge is 0.261 e. The predicted octanol–water partition coefficient (Wildman–Crippen LogP) is 4.16. The molecule has 2 aromatic rings. The number of ether oxygens (including phenoxy) is 2. The summed E-state index contributed by atoms with van der Waals surface area (Å²) in [6, 6.07) is 10.3. The molecule has 30 heavy (non-hydrogen) atoms. The highest BCUT2D eigenvalue weighted by molar-refractivity contribution is 7.85. The maximum absolute atomic E-state index is 9.33. The maximum Gasteiger partial charge on any atom is 0.261 e. The van der Waals surface area contributed by atoms with Gasteiger partial charge in [0, 0.05) is 18.6 Å². The SMILES string of the molecule is CS(=O)(=O)O.Cc1c(C)c2c(c(C)c1OCc1ccccc1)CC[C@@](C)(CCO)O2. The Hall–Kier alpha value is -2.09. The van der Waals surface area contributed by atoms with Crippen LogP contribution in [0.2, 0.25) is 0 Å². The van der Waals surface area contributed by atoms with Gasteiger partial charge in [0.1, 0.15) is 23.7 Å². The van der Waals surface area contributed by atoms with Gasteiger partial charge in [0.25, 0.3) is 10.1 Å². The van der Waals surface area contributed by atoms with Crippen LogP contribution in [-0.2, 0) is 23.1 Å². The van der Waals surface area contributed by atoms with Crippen molar-refractivity contribution in [3.8, 4) is 11.5 Å². The largest absolute Gasteiger partial charge is 0.488 e. The normalized spacial score (nSPS) is 18.0. The summed E-state index contributed by atoms with van der Waals surface area (Å²) in [5.41, 5.74) is 5.61. The zero-order valence-electron chi connectivity index (χ0n) is 18.4. The second-order valence-electron chi connectivity index (χ2n) is 8.04.